The molecule has 0 aliphatic carbocycles. The summed E-state index contributed by atoms with van der Waals surface area (Å²) in [6, 6.07) is 14.6. The van der Waals surface area contributed by atoms with Crippen LogP contribution in [0.3, 0.4) is 0 Å². The summed E-state index contributed by atoms with van der Waals surface area (Å²) in [7, 11) is 1.57. The molecule has 0 radical (unpaired) electrons. The van der Waals surface area contributed by atoms with E-state index in [-0.39, 0.29) is 12.3 Å². The van der Waals surface area contributed by atoms with E-state index < -0.39 is 11.9 Å². The Kier molecular flexibility index (Phi) is 7.54. The number of anilines is 2. The number of benzene rings is 2. The van der Waals surface area contributed by atoms with Crippen molar-refractivity contribution in [3.63, 3.8) is 0 Å². The Labute approximate surface area is 181 Å². The zero-order valence-corrected chi connectivity index (χ0v) is 17.6. The van der Waals surface area contributed by atoms with Gasteiger partial charge in [0.1, 0.15) is 5.75 Å². The van der Waals surface area contributed by atoms with Crippen LogP contribution in [0.2, 0.25) is 5.02 Å². The van der Waals surface area contributed by atoms with Gasteiger partial charge in [0.05, 0.1) is 13.0 Å². The average molecular weight is 432 g/mol. The van der Waals surface area contributed by atoms with E-state index >= 15 is 0 Å². The summed E-state index contributed by atoms with van der Waals surface area (Å²) < 4.78 is 5.09. The number of rotatable bonds is 8. The van der Waals surface area contributed by atoms with Crippen molar-refractivity contribution in [2.45, 2.75) is 6.42 Å². The van der Waals surface area contributed by atoms with Crippen LogP contribution in [0, 0.1) is 5.92 Å². The third kappa shape index (κ3) is 6.11. The summed E-state index contributed by atoms with van der Waals surface area (Å²) in [4.78, 5) is 28.4. The first-order valence-electron chi connectivity index (χ1n) is 9.84. The number of amides is 1. The number of carboxylic acid groups (broad SMARTS) is 1. The largest absolute Gasteiger partial charge is 0.497 e. The zero-order chi connectivity index (χ0) is 21.5. The molecule has 1 fully saturated rings. The van der Waals surface area contributed by atoms with Crippen molar-refractivity contribution in [1.29, 1.82) is 0 Å². The Bertz CT molecular complexity index is 850. The number of hydrogen-bond acceptors (Lipinski definition) is 5. The van der Waals surface area contributed by atoms with Gasteiger partial charge in [-0.1, -0.05) is 11.6 Å². The van der Waals surface area contributed by atoms with Crippen molar-refractivity contribution in [1.82, 2.24) is 4.90 Å². The van der Waals surface area contributed by atoms with Crippen LogP contribution < -0.4 is 15.0 Å². The van der Waals surface area contributed by atoms with E-state index in [1.807, 2.05) is 24.3 Å². The van der Waals surface area contributed by atoms with Crippen LogP contribution in [0.15, 0.2) is 48.5 Å². The molecule has 0 aromatic heterocycles. The fourth-order valence-electron chi connectivity index (χ4n) is 3.49. The maximum atomic E-state index is 12.3. The molecule has 1 saturated heterocycles. The molecular weight excluding hydrogens is 406 g/mol. The number of halogens is 1. The number of methoxy groups -OCH3 is 1. The van der Waals surface area contributed by atoms with Crippen LogP contribution in [-0.2, 0) is 9.59 Å². The van der Waals surface area contributed by atoms with Crippen LogP contribution in [0.25, 0.3) is 0 Å². The topological polar surface area (TPSA) is 82.1 Å². The van der Waals surface area contributed by atoms with Gasteiger partial charge in [0.15, 0.2) is 0 Å². The Hall–Kier alpha value is -2.77. The Morgan fingerprint density at radius 2 is 1.70 bits per heavy atom. The standard InChI is InChI=1S/C22H26ClN3O4/c1-30-20-8-4-18(5-9-20)24-21(27)14-16(22(28)29)15-25-10-12-26(13-11-25)19-6-2-17(23)3-7-19/h2-9,16H,10-15H2,1H3,(H,24,27)(H,28,29). The normalized spacial score (nSPS) is 15.5. The lowest BCUT2D eigenvalue weighted by Gasteiger charge is -2.37. The number of nitrogens with zero attached hydrogens (tertiary/aromatic N) is 2. The summed E-state index contributed by atoms with van der Waals surface area (Å²) in [5, 5.41) is 13.1. The lowest BCUT2D eigenvalue weighted by Crippen LogP contribution is -2.48. The van der Waals surface area contributed by atoms with E-state index in [1.54, 1.807) is 31.4 Å². The van der Waals surface area contributed by atoms with Gasteiger partial charge in [-0.25, -0.2) is 0 Å². The molecule has 1 aliphatic rings. The first kappa shape index (κ1) is 21.9. The molecule has 2 aromatic rings. The highest BCUT2D eigenvalue weighted by Crippen LogP contribution is 2.20. The Morgan fingerprint density at radius 1 is 1.07 bits per heavy atom. The average Bonchev–Trinajstić information content (AvgIpc) is 2.75. The molecule has 1 atom stereocenters. The van der Waals surface area contributed by atoms with E-state index in [0.717, 1.165) is 31.9 Å². The van der Waals surface area contributed by atoms with E-state index in [4.69, 9.17) is 16.3 Å². The van der Waals surface area contributed by atoms with Crippen molar-refractivity contribution in [2.75, 3.05) is 50.1 Å². The number of carbonyl (C=O) groups excluding carboxylic acids is 1. The third-order valence-electron chi connectivity index (χ3n) is 5.20. The van der Waals surface area contributed by atoms with E-state index in [9.17, 15) is 14.7 Å². The lowest BCUT2D eigenvalue weighted by atomic mass is 10.0. The number of piperazine rings is 1. The molecule has 3 rings (SSSR count). The van der Waals surface area contributed by atoms with E-state index in [2.05, 4.69) is 15.1 Å². The van der Waals surface area contributed by atoms with E-state index in [1.165, 1.54) is 0 Å². The van der Waals surface area contributed by atoms with Gasteiger partial charge in [0, 0.05) is 55.5 Å². The molecule has 8 heteroatoms. The second-order valence-corrected chi connectivity index (χ2v) is 7.72. The summed E-state index contributed by atoms with van der Waals surface area (Å²) in [6.07, 6.45) is -0.0707. The molecule has 0 bridgehead atoms. The van der Waals surface area contributed by atoms with Gasteiger partial charge in [0.25, 0.3) is 0 Å². The van der Waals surface area contributed by atoms with Crippen LogP contribution in [0.4, 0.5) is 11.4 Å². The SMILES string of the molecule is COc1ccc(NC(=O)CC(CN2CCN(c3ccc(Cl)cc3)CC2)C(=O)O)cc1. The number of hydrogen-bond donors (Lipinski definition) is 2. The van der Waals surface area contributed by atoms with Crippen molar-refractivity contribution >= 4 is 34.9 Å². The number of nitrogens with one attached hydrogen (secondary N) is 1. The van der Waals surface area contributed by atoms with Crippen molar-refractivity contribution in [2.24, 2.45) is 5.92 Å². The predicted octanol–water partition coefficient (Wildman–Crippen LogP) is 3.20. The second kappa shape index (κ2) is 10.3. The van der Waals surface area contributed by atoms with Crippen LogP contribution in [0.5, 0.6) is 5.75 Å². The minimum absolute atomic E-state index is 0.0707. The van der Waals surface area contributed by atoms with Gasteiger partial charge in [-0.05, 0) is 48.5 Å². The molecule has 2 N–H and O–H groups in total. The Morgan fingerprint density at radius 3 is 2.27 bits per heavy atom. The lowest BCUT2D eigenvalue weighted by molar-refractivity contribution is -0.144. The van der Waals surface area contributed by atoms with Crippen LogP contribution in [-0.4, -0.2) is 61.7 Å². The smallest absolute Gasteiger partial charge is 0.308 e. The van der Waals surface area contributed by atoms with Crippen LogP contribution in [0.1, 0.15) is 6.42 Å². The number of carboxylic acids is 1. The molecular formula is C22H26ClN3O4. The molecule has 1 aliphatic heterocycles. The highest BCUT2D eigenvalue weighted by molar-refractivity contribution is 6.30. The predicted molar refractivity (Wildman–Crippen MR) is 117 cm³/mol. The highest BCUT2D eigenvalue weighted by atomic mass is 35.5. The molecule has 160 valence electrons. The number of aliphatic carboxylic acids is 1. The molecule has 0 saturated carbocycles. The fraction of sp³-hybridized carbons (Fsp3) is 0.364. The van der Waals surface area contributed by atoms with Gasteiger partial charge in [0.2, 0.25) is 5.91 Å². The molecule has 30 heavy (non-hydrogen) atoms. The van der Waals surface area contributed by atoms with Gasteiger partial charge in [-0.3, -0.25) is 14.5 Å². The van der Waals surface area contributed by atoms with Gasteiger partial charge >= 0.3 is 5.97 Å². The van der Waals surface area contributed by atoms with Crippen molar-refractivity contribution < 1.29 is 19.4 Å². The summed E-state index contributed by atoms with van der Waals surface area (Å²) in [6.45, 7) is 3.43. The quantitative estimate of drug-likeness (QED) is 0.668. The third-order valence-corrected chi connectivity index (χ3v) is 5.45. The molecule has 0 spiro atoms. The first-order valence-corrected chi connectivity index (χ1v) is 10.2. The zero-order valence-electron chi connectivity index (χ0n) is 16.9. The maximum Gasteiger partial charge on any atom is 0.308 e. The van der Waals surface area contributed by atoms with E-state index in [0.29, 0.717) is 23.0 Å². The summed E-state index contributed by atoms with van der Waals surface area (Å²) in [5.41, 5.74) is 1.72. The van der Waals surface area contributed by atoms with Gasteiger partial charge in [-0.2, -0.15) is 0 Å². The molecule has 7 nitrogen and oxygen atoms in total. The molecule has 1 amide bonds. The molecule has 2 aromatic carbocycles. The van der Waals surface area contributed by atoms with Gasteiger partial charge in [-0.15, -0.1) is 0 Å². The molecule has 1 unspecified atom stereocenters. The van der Waals surface area contributed by atoms with Crippen molar-refractivity contribution in [3.05, 3.63) is 53.6 Å². The second-order valence-electron chi connectivity index (χ2n) is 7.28. The summed E-state index contributed by atoms with van der Waals surface area (Å²) >= 11 is 5.95. The summed E-state index contributed by atoms with van der Waals surface area (Å²) in [5.74, 6) is -1.34. The monoisotopic (exact) mass is 431 g/mol. The highest BCUT2D eigenvalue weighted by Gasteiger charge is 2.26. The van der Waals surface area contributed by atoms with Crippen molar-refractivity contribution in [3.8, 4) is 5.75 Å². The maximum absolute atomic E-state index is 12.3. The molecule has 1 heterocycles. The number of ether oxygens (including phenoxy) is 1. The minimum atomic E-state index is -0.958. The Balaban J connectivity index is 1.49. The first-order chi connectivity index (χ1) is 14.4. The van der Waals surface area contributed by atoms with Crippen LogP contribution >= 0.6 is 11.6 Å². The minimum Gasteiger partial charge on any atom is -0.497 e. The fourth-order valence-corrected chi connectivity index (χ4v) is 3.62. The van der Waals surface area contributed by atoms with Gasteiger partial charge < -0.3 is 20.1 Å². The number of carbonyl (C=O) groups is 2.